The minimum atomic E-state index is -0.863. The number of anilines is 1. The summed E-state index contributed by atoms with van der Waals surface area (Å²) >= 11 is 1.49. The summed E-state index contributed by atoms with van der Waals surface area (Å²) < 4.78 is 0. The van der Waals surface area contributed by atoms with E-state index in [9.17, 15) is 4.79 Å². The molecule has 1 N–H and O–H groups in total. The number of nitriles is 1. The molecule has 0 aliphatic rings. The van der Waals surface area contributed by atoms with Crippen molar-refractivity contribution in [2.75, 3.05) is 18.0 Å². The van der Waals surface area contributed by atoms with Crippen molar-refractivity contribution in [2.45, 2.75) is 20.8 Å². The standard InChI is InChI=1S/C11H15N3O2S/c1-7(10(15)16)6-14(5-4-12)11-13-8(2)9(3)17-11/h7H,5-6H2,1-3H3,(H,15,16). The van der Waals surface area contributed by atoms with Gasteiger partial charge in [-0.3, -0.25) is 4.79 Å². The molecule has 0 aliphatic carbocycles. The quantitative estimate of drug-likeness (QED) is 0.810. The van der Waals surface area contributed by atoms with Crippen LogP contribution in [0.3, 0.4) is 0 Å². The number of aryl methyl sites for hydroxylation is 2. The molecule has 0 aliphatic heterocycles. The summed E-state index contributed by atoms with van der Waals surface area (Å²) in [7, 11) is 0. The Bertz CT molecular complexity index is 431. The van der Waals surface area contributed by atoms with Gasteiger partial charge in [0.05, 0.1) is 17.7 Å². The average Bonchev–Trinajstić information content (AvgIpc) is 2.58. The van der Waals surface area contributed by atoms with Gasteiger partial charge in [0.15, 0.2) is 5.13 Å². The van der Waals surface area contributed by atoms with Gasteiger partial charge in [-0.1, -0.05) is 6.92 Å². The monoisotopic (exact) mass is 253 g/mol. The summed E-state index contributed by atoms with van der Waals surface area (Å²) in [6, 6.07) is 2.04. The van der Waals surface area contributed by atoms with Crippen LogP contribution in [0.15, 0.2) is 0 Å². The fourth-order valence-electron chi connectivity index (χ4n) is 1.30. The van der Waals surface area contributed by atoms with E-state index in [2.05, 4.69) is 4.98 Å². The highest BCUT2D eigenvalue weighted by molar-refractivity contribution is 7.15. The van der Waals surface area contributed by atoms with E-state index in [0.717, 1.165) is 15.7 Å². The first kappa shape index (κ1) is 13.5. The molecule has 0 aromatic carbocycles. The van der Waals surface area contributed by atoms with Crippen LogP contribution in [-0.4, -0.2) is 29.1 Å². The first-order valence-electron chi connectivity index (χ1n) is 5.24. The molecule has 0 fully saturated rings. The van der Waals surface area contributed by atoms with Gasteiger partial charge in [0, 0.05) is 11.4 Å². The maximum atomic E-state index is 10.8. The van der Waals surface area contributed by atoms with Gasteiger partial charge >= 0.3 is 5.97 Å². The van der Waals surface area contributed by atoms with Crippen LogP contribution in [0.25, 0.3) is 0 Å². The molecular weight excluding hydrogens is 238 g/mol. The third kappa shape index (κ3) is 3.43. The van der Waals surface area contributed by atoms with Gasteiger partial charge in [-0.15, -0.1) is 11.3 Å². The normalized spacial score (nSPS) is 11.9. The van der Waals surface area contributed by atoms with E-state index in [-0.39, 0.29) is 6.54 Å². The molecule has 1 aromatic rings. The van der Waals surface area contributed by atoms with E-state index in [1.165, 1.54) is 11.3 Å². The number of rotatable bonds is 5. The van der Waals surface area contributed by atoms with Gasteiger partial charge in [-0.25, -0.2) is 4.98 Å². The summed E-state index contributed by atoms with van der Waals surface area (Å²) in [5, 5.41) is 18.4. The maximum absolute atomic E-state index is 10.8. The number of aliphatic carboxylic acids is 1. The molecule has 1 aromatic heterocycles. The topological polar surface area (TPSA) is 77.2 Å². The molecule has 0 saturated heterocycles. The predicted molar refractivity (Wildman–Crippen MR) is 66.2 cm³/mol. The molecule has 0 radical (unpaired) electrons. The second-order valence-electron chi connectivity index (χ2n) is 3.92. The van der Waals surface area contributed by atoms with Gasteiger partial charge in [0.25, 0.3) is 0 Å². The lowest BCUT2D eigenvalue weighted by molar-refractivity contribution is -0.140. The van der Waals surface area contributed by atoms with E-state index in [4.69, 9.17) is 10.4 Å². The lowest BCUT2D eigenvalue weighted by Gasteiger charge is -2.20. The number of aromatic nitrogens is 1. The number of nitrogens with zero attached hydrogens (tertiary/aromatic N) is 3. The van der Waals surface area contributed by atoms with Crippen molar-refractivity contribution in [1.82, 2.24) is 4.98 Å². The second kappa shape index (κ2) is 5.64. The van der Waals surface area contributed by atoms with Gasteiger partial charge < -0.3 is 10.0 Å². The zero-order valence-electron chi connectivity index (χ0n) is 10.1. The molecule has 6 heteroatoms. The van der Waals surface area contributed by atoms with E-state index < -0.39 is 11.9 Å². The molecule has 92 valence electrons. The Balaban J connectivity index is 2.86. The molecule has 0 amide bonds. The molecular formula is C11H15N3O2S. The van der Waals surface area contributed by atoms with Crippen molar-refractivity contribution >= 4 is 22.4 Å². The van der Waals surface area contributed by atoms with Crippen molar-refractivity contribution in [3.8, 4) is 6.07 Å². The number of carboxylic acid groups (broad SMARTS) is 1. The SMILES string of the molecule is Cc1nc(N(CC#N)CC(C)C(=O)O)sc1C. The second-order valence-corrected chi connectivity index (χ2v) is 5.10. The van der Waals surface area contributed by atoms with Gasteiger partial charge in [-0.2, -0.15) is 5.26 Å². The van der Waals surface area contributed by atoms with E-state index in [0.29, 0.717) is 6.54 Å². The molecule has 17 heavy (non-hydrogen) atoms. The largest absolute Gasteiger partial charge is 0.481 e. The summed E-state index contributed by atoms with van der Waals surface area (Å²) in [5.41, 5.74) is 0.927. The van der Waals surface area contributed by atoms with Crippen LogP contribution in [0.4, 0.5) is 5.13 Å². The fraction of sp³-hybridized carbons (Fsp3) is 0.545. The highest BCUT2D eigenvalue weighted by atomic mass is 32.1. The van der Waals surface area contributed by atoms with Crippen molar-refractivity contribution in [1.29, 1.82) is 5.26 Å². The minimum Gasteiger partial charge on any atom is -0.481 e. The van der Waals surface area contributed by atoms with Crippen molar-refractivity contribution in [3.63, 3.8) is 0 Å². The minimum absolute atomic E-state index is 0.157. The fourth-order valence-corrected chi connectivity index (χ4v) is 2.21. The van der Waals surface area contributed by atoms with Crippen LogP contribution < -0.4 is 4.90 Å². The lowest BCUT2D eigenvalue weighted by Crippen LogP contribution is -2.32. The highest BCUT2D eigenvalue weighted by Gasteiger charge is 2.19. The summed E-state index contributed by atoms with van der Waals surface area (Å²) in [4.78, 5) is 18.0. The van der Waals surface area contributed by atoms with E-state index in [1.807, 2.05) is 19.9 Å². The molecule has 0 bridgehead atoms. The number of hydrogen-bond acceptors (Lipinski definition) is 5. The zero-order valence-corrected chi connectivity index (χ0v) is 10.9. The molecule has 1 heterocycles. The Morgan fingerprint density at radius 2 is 2.29 bits per heavy atom. The van der Waals surface area contributed by atoms with Crippen LogP contribution in [0.1, 0.15) is 17.5 Å². The molecule has 0 saturated carbocycles. The van der Waals surface area contributed by atoms with Gasteiger partial charge in [0.2, 0.25) is 0 Å². The number of carboxylic acids is 1. The van der Waals surface area contributed by atoms with E-state index in [1.54, 1.807) is 11.8 Å². The van der Waals surface area contributed by atoms with Crippen LogP contribution in [0, 0.1) is 31.1 Å². The van der Waals surface area contributed by atoms with Crippen LogP contribution in [-0.2, 0) is 4.79 Å². The first-order valence-corrected chi connectivity index (χ1v) is 6.06. The Morgan fingerprint density at radius 1 is 1.65 bits per heavy atom. The molecule has 5 nitrogen and oxygen atoms in total. The summed E-state index contributed by atoms with van der Waals surface area (Å²) in [6.45, 7) is 5.95. The third-order valence-corrected chi connectivity index (χ3v) is 3.60. The van der Waals surface area contributed by atoms with Gasteiger partial charge in [-0.05, 0) is 13.8 Å². The van der Waals surface area contributed by atoms with Crippen molar-refractivity contribution < 1.29 is 9.90 Å². The Kier molecular flexibility index (Phi) is 4.46. The lowest BCUT2D eigenvalue weighted by atomic mass is 10.2. The summed E-state index contributed by atoms with van der Waals surface area (Å²) in [6.07, 6.45) is 0. The predicted octanol–water partition coefficient (Wildman–Crippen LogP) is 1.81. The average molecular weight is 253 g/mol. The molecule has 1 rings (SSSR count). The first-order chi connectivity index (χ1) is 7.95. The Hall–Kier alpha value is -1.61. The van der Waals surface area contributed by atoms with E-state index >= 15 is 0 Å². The number of carbonyl (C=O) groups is 1. The number of hydrogen-bond donors (Lipinski definition) is 1. The molecule has 1 unspecified atom stereocenters. The van der Waals surface area contributed by atoms with Gasteiger partial charge in [0.1, 0.15) is 6.54 Å². The Morgan fingerprint density at radius 3 is 2.71 bits per heavy atom. The van der Waals surface area contributed by atoms with Crippen LogP contribution >= 0.6 is 11.3 Å². The Labute approximate surface area is 104 Å². The highest BCUT2D eigenvalue weighted by Crippen LogP contribution is 2.25. The van der Waals surface area contributed by atoms with Crippen LogP contribution in [0.5, 0.6) is 0 Å². The molecule has 1 atom stereocenters. The smallest absolute Gasteiger partial charge is 0.308 e. The van der Waals surface area contributed by atoms with Crippen molar-refractivity contribution in [3.05, 3.63) is 10.6 Å². The summed E-state index contributed by atoms with van der Waals surface area (Å²) in [5.74, 6) is -1.38. The van der Waals surface area contributed by atoms with Crippen LogP contribution in [0.2, 0.25) is 0 Å². The maximum Gasteiger partial charge on any atom is 0.308 e. The van der Waals surface area contributed by atoms with Crippen molar-refractivity contribution in [2.24, 2.45) is 5.92 Å². The number of thiazole rings is 1. The third-order valence-electron chi connectivity index (χ3n) is 2.47. The zero-order chi connectivity index (χ0) is 13.0. The molecule has 0 spiro atoms.